The molecular formula is C19H24N2. The van der Waals surface area contributed by atoms with Gasteiger partial charge in [-0.25, -0.2) is 0 Å². The molecule has 0 amide bonds. The molecule has 110 valence electrons. The summed E-state index contributed by atoms with van der Waals surface area (Å²) >= 11 is 0. The summed E-state index contributed by atoms with van der Waals surface area (Å²) in [6.45, 7) is 8.52. The van der Waals surface area contributed by atoms with Crippen LogP contribution >= 0.6 is 0 Å². The van der Waals surface area contributed by atoms with Crippen molar-refractivity contribution >= 4 is 0 Å². The van der Waals surface area contributed by atoms with Gasteiger partial charge in [0.1, 0.15) is 0 Å². The van der Waals surface area contributed by atoms with Crippen molar-refractivity contribution in [3.63, 3.8) is 0 Å². The van der Waals surface area contributed by atoms with Gasteiger partial charge in [0.05, 0.1) is 0 Å². The van der Waals surface area contributed by atoms with Crippen molar-refractivity contribution in [2.24, 2.45) is 0 Å². The number of rotatable bonds is 5. The first kappa shape index (κ1) is 14.3. The largest absolute Gasteiger partial charge is 0.310 e. The van der Waals surface area contributed by atoms with Crippen LogP contribution < -0.4 is 5.32 Å². The Kier molecular flexibility index (Phi) is 4.37. The molecular weight excluding hydrogens is 256 g/mol. The monoisotopic (exact) mass is 280 g/mol. The summed E-state index contributed by atoms with van der Waals surface area (Å²) in [5, 5.41) is 3.53. The Morgan fingerprint density at radius 3 is 2.10 bits per heavy atom. The topological polar surface area (TPSA) is 15.3 Å². The summed E-state index contributed by atoms with van der Waals surface area (Å²) in [5.41, 5.74) is 5.83. The van der Waals surface area contributed by atoms with Crippen LogP contribution in [0.5, 0.6) is 0 Å². The van der Waals surface area contributed by atoms with Crippen LogP contribution in [0.3, 0.4) is 0 Å². The van der Waals surface area contributed by atoms with Crippen molar-refractivity contribution in [2.45, 2.75) is 46.1 Å². The van der Waals surface area contributed by atoms with Crippen LogP contribution in [0.4, 0.5) is 0 Å². The zero-order valence-electron chi connectivity index (χ0n) is 13.0. The highest BCUT2D eigenvalue weighted by Gasteiger charge is 2.18. The maximum absolute atomic E-state index is 3.53. The van der Waals surface area contributed by atoms with Crippen LogP contribution in [0.1, 0.15) is 36.1 Å². The molecule has 1 heterocycles. The number of hydrogen-bond acceptors (Lipinski definition) is 2. The minimum absolute atomic E-state index is 0.522. The molecule has 0 saturated heterocycles. The summed E-state index contributed by atoms with van der Waals surface area (Å²) in [6, 6.07) is 18.1. The lowest BCUT2D eigenvalue weighted by atomic mass is 10.1. The van der Waals surface area contributed by atoms with E-state index in [0.29, 0.717) is 6.04 Å². The standard InChI is InChI=1S/C19H24N2/c1-15(2)20-11-16-7-3-4-8-17(16)12-21-13-18-9-5-6-10-19(18)14-21/h3-10,15,20H,11-14H2,1-2H3. The van der Waals surface area contributed by atoms with Crippen molar-refractivity contribution in [2.75, 3.05) is 0 Å². The van der Waals surface area contributed by atoms with Crippen molar-refractivity contribution in [1.29, 1.82) is 0 Å². The van der Waals surface area contributed by atoms with Crippen LogP contribution in [0.25, 0.3) is 0 Å². The highest BCUT2D eigenvalue weighted by molar-refractivity contribution is 5.32. The van der Waals surface area contributed by atoms with Gasteiger partial charge < -0.3 is 5.32 Å². The first-order valence-electron chi connectivity index (χ1n) is 7.81. The van der Waals surface area contributed by atoms with Crippen LogP contribution in [0, 0.1) is 0 Å². The van der Waals surface area contributed by atoms with E-state index in [0.717, 1.165) is 26.2 Å². The molecule has 21 heavy (non-hydrogen) atoms. The first-order chi connectivity index (χ1) is 10.2. The quantitative estimate of drug-likeness (QED) is 0.898. The Hall–Kier alpha value is -1.64. The van der Waals surface area contributed by atoms with Crippen LogP contribution in [0.15, 0.2) is 48.5 Å². The molecule has 0 saturated carbocycles. The van der Waals surface area contributed by atoms with Gasteiger partial charge in [-0.15, -0.1) is 0 Å². The second kappa shape index (κ2) is 6.42. The third-order valence-corrected chi connectivity index (χ3v) is 4.12. The van der Waals surface area contributed by atoms with Gasteiger partial charge in [0.25, 0.3) is 0 Å². The maximum Gasteiger partial charge on any atom is 0.0244 e. The van der Waals surface area contributed by atoms with E-state index in [1.807, 2.05) is 0 Å². The minimum atomic E-state index is 0.522. The molecule has 0 atom stereocenters. The minimum Gasteiger partial charge on any atom is -0.310 e. The summed E-state index contributed by atoms with van der Waals surface area (Å²) in [7, 11) is 0. The van der Waals surface area contributed by atoms with Gasteiger partial charge in [0, 0.05) is 32.2 Å². The second-order valence-corrected chi connectivity index (χ2v) is 6.22. The van der Waals surface area contributed by atoms with E-state index >= 15 is 0 Å². The highest BCUT2D eigenvalue weighted by atomic mass is 15.1. The summed E-state index contributed by atoms with van der Waals surface area (Å²) in [4.78, 5) is 2.53. The van der Waals surface area contributed by atoms with Gasteiger partial charge in [-0.1, -0.05) is 62.4 Å². The molecule has 0 unspecified atom stereocenters. The van der Waals surface area contributed by atoms with Gasteiger partial charge in [-0.2, -0.15) is 0 Å². The maximum atomic E-state index is 3.53. The second-order valence-electron chi connectivity index (χ2n) is 6.22. The number of fused-ring (bicyclic) bond motifs is 1. The van der Waals surface area contributed by atoms with Crippen LogP contribution in [-0.2, 0) is 26.2 Å². The smallest absolute Gasteiger partial charge is 0.0244 e. The molecule has 0 aliphatic carbocycles. The predicted molar refractivity (Wildman–Crippen MR) is 87.8 cm³/mol. The third kappa shape index (κ3) is 3.52. The van der Waals surface area contributed by atoms with Gasteiger partial charge >= 0.3 is 0 Å². The van der Waals surface area contributed by atoms with Gasteiger partial charge in [-0.3, -0.25) is 4.90 Å². The van der Waals surface area contributed by atoms with E-state index in [-0.39, 0.29) is 0 Å². The average Bonchev–Trinajstić information content (AvgIpc) is 2.88. The molecule has 0 aromatic heterocycles. The molecule has 0 spiro atoms. The molecule has 1 aliphatic rings. The lowest BCUT2D eigenvalue weighted by molar-refractivity contribution is 0.274. The van der Waals surface area contributed by atoms with Gasteiger partial charge in [0.15, 0.2) is 0 Å². The fourth-order valence-electron chi connectivity index (χ4n) is 2.95. The Morgan fingerprint density at radius 2 is 1.48 bits per heavy atom. The number of benzene rings is 2. The predicted octanol–water partition coefficient (Wildman–Crippen LogP) is 3.70. The van der Waals surface area contributed by atoms with E-state index in [2.05, 4.69) is 72.6 Å². The molecule has 2 nitrogen and oxygen atoms in total. The molecule has 2 aromatic carbocycles. The summed E-state index contributed by atoms with van der Waals surface area (Å²) < 4.78 is 0. The average molecular weight is 280 g/mol. The SMILES string of the molecule is CC(C)NCc1ccccc1CN1Cc2ccccc2C1. The molecule has 0 bridgehead atoms. The number of nitrogens with one attached hydrogen (secondary N) is 1. The molecule has 0 fully saturated rings. The zero-order valence-corrected chi connectivity index (χ0v) is 13.0. The lowest BCUT2D eigenvalue weighted by Gasteiger charge is -2.18. The zero-order chi connectivity index (χ0) is 14.7. The summed E-state index contributed by atoms with van der Waals surface area (Å²) in [6.07, 6.45) is 0. The normalized spacial score (nSPS) is 14.6. The first-order valence-corrected chi connectivity index (χ1v) is 7.81. The molecule has 0 radical (unpaired) electrons. The highest BCUT2D eigenvalue weighted by Crippen LogP contribution is 2.24. The van der Waals surface area contributed by atoms with E-state index in [1.165, 1.54) is 22.3 Å². The van der Waals surface area contributed by atoms with Gasteiger partial charge in [-0.05, 0) is 22.3 Å². The van der Waals surface area contributed by atoms with E-state index < -0.39 is 0 Å². The van der Waals surface area contributed by atoms with Crippen molar-refractivity contribution in [3.05, 3.63) is 70.8 Å². The molecule has 2 aromatic rings. The van der Waals surface area contributed by atoms with Crippen molar-refractivity contribution < 1.29 is 0 Å². The third-order valence-electron chi connectivity index (χ3n) is 4.12. The molecule has 1 N–H and O–H groups in total. The van der Waals surface area contributed by atoms with E-state index in [1.54, 1.807) is 0 Å². The number of hydrogen-bond donors (Lipinski definition) is 1. The Balaban J connectivity index is 1.69. The van der Waals surface area contributed by atoms with E-state index in [4.69, 9.17) is 0 Å². The fourth-order valence-corrected chi connectivity index (χ4v) is 2.95. The van der Waals surface area contributed by atoms with E-state index in [9.17, 15) is 0 Å². The Morgan fingerprint density at radius 1 is 0.905 bits per heavy atom. The summed E-state index contributed by atoms with van der Waals surface area (Å²) in [5.74, 6) is 0. The van der Waals surface area contributed by atoms with Crippen LogP contribution in [0.2, 0.25) is 0 Å². The van der Waals surface area contributed by atoms with Crippen molar-refractivity contribution in [3.8, 4) is 0 Å². The Labute approximate surface area is 127 Å². The fraction of sp³-hybridized carbons (Fsp3) is 0.368. The van der Waals surface area contributed by atoms with Crippen LogP contribution in [-0.4, -0.2) is 10.9 Å². The Bertz CT molecular complexity index is 579. The lowest BCUT2D eigenvalue weighted by Crippen LogP contribution is -2.23. The molecule has 3 rings (SSSR count). The molecule has 2 heteroatoms. The number of nitrogens with zero attached hydrogens (tertiary/aromatic N) is 1. The van der Waals surface area contributed by atoms with Gasteiger partial charge in [0.2, 0.25) is 0 Å². The van der Waals surface area contributed by atoms with Crippen molar-refractivity contribution in [1.82, 2.24) is 10.2 Å². The molecule has 1 aliphatic heterocycles.